The molecule has 0 saturated carbocycles. The van der Waals surface area contributed by atoms with Gasteiger partial charge in [0, 0.05) is 13.1 Å². The highest BCUT2D eigenvalue weighted by molar-refractivity contribution is 5.96. The van der Waals surface area contributed by atoms with Gasteiger partial charge in [-0.15, -0.1) is 0 Å². The topological polar surface area (TPSA) is 50.5 Å². The Bertz CT molecular complexity index is 696. The van der Waals surface area contributed by atoms with Crippen LogP contribution in [0.15, 0.2) is 39.7 Å². The number of nitrogens with zero attached hydrogens (tertiary/aromatic N) is 1. The van der Waals surface area contributed by atoms with Gasteiger partial charge in [-0.3, -0.25) is 9.59 Å². The molecule has 0 aliphatic carbocycles. The van der Waals surface area contributed by atoms with Crippen molar-refractivity contribution >= 4 is 16.9 Å². The molecule has 0 spiro atoms. The van der Waals surface area contributed by atoms with Crippen LogP contribution in [0, 0.1) is 5.92 Å². The summed E-state index contributed by atoms with van der Waals surface area (Å²) in [5.74, 6) is 0.434. The second kappa shape index (κ2) is 5.12. The van der Waals surface area contributed by atoms with E-state index in [1.165, 1.54) is 6.26 Å². The molecule has 20 heavy (non-hydrogen) atoms. The minimum Gasteiger partial charge on any atom is -0.463 e. The number of hydrogen-bond acceptors (Lipinski definition) is 3. The average molecular weight is 271 g/mol. The molecule has 1 aliphatic heterocycles. The van der Waals surface area contributed by atoms with Gasteiger partial charge in [-0.25, -0.2) is 0 Å². The van der Waals surface area contributed by atoms with E-state index in [4.69, 9.17) is 4.42 Å². The van der Waals surface area contributed by atoms with Crippen molar-refractivity contribution in [3.8, 4) is 0 Å². The first-order valence-corrected chi connectivity index (χ1v) is 6.96. The molecule has 2 aromatic rings. The third-order valence-corrected chi connectivity index (χ3v) is 3.98. The van der Waals surface area contributed by atoms with E-state index in [2.05, 4.69) is 6.92 Å². The molecule has 4 nitrogen and oxygen atoms in total. The summed E-state index contributed by atoms with van der Waals surface area (Å²) in [5, 5.41) is 0.462. The minimum atomic E-state index is -0.240. The van der Waals surface area contributed by atoms with E-state index in [1.807, 2.05) is 0 Å². The normalized spacial score (nSPS) is 16.6. The van der Waals surface area contributed by atoms with E-state index in [9.17, 15) is 9.59 Å². The molecule has 104 valence electrons. The van der Waals surface area contributed by atoms with Crippen molar-refractivity contribution in [2.24, 2.45) is 5.92 Å². The summed E-state index contributed by atoms with van der Waals surface area (Å²) in [4.78, 5) is 26.6. The third kappa shape index (κ3) is 2.22. The molecule has 4 heteroatoms. The van der Waals surface area contributed by atoms with Crippen molar-refractivity contribution in [1.29, 1.82) is 0 Å². The zero-order valence-corrected chi connectivity index (χ0v) is 11.5. The molecule has 1 aromatic carbocycles. The van der Waals surface area contributed by atoms with Gasteiger partial charge in [0.05, 0.1) is 5.39 Å². The Morgan fingerprint density at radius 3 is 2.70 bits per heavy atom. The molecule has 1 saturated heterocycles. The fraction of sp³-hybridized carbons (Fsp3) is 0.375. The first kappa shape index (κ1) is 12.9. The van der Waals surface area contributed by atoms with Gasteiger partial charge in [0.2, 0.25) is 5.43 Å². The van der Waals surface area contributed by atoms with Crippen molar-refractivity contribution in [2.45, 2.75) is 19.8 Å². The van der Waals surface area contributed by atoms with Crippen LogP contribution >= 0.6 is 0 Å². The van der Waals surface area contributed by atoms with Crippen molar-refractivity contribution < 1.29 is 9.21 Å². The number of carbonyl (C=O) groups is 1. The summed E-state index contributed by atoms with van der Waals surface area (Å²) in [6.45, 7) is 3.62. The Morgan fingerprint density at radius 1 is 1.25 bits per heavy atom. The lowest BCUT2D eigenvalue weighted by atomic mass is 9.98. The van der Waals surface area contributed by atoms with Gasteiger partial charge in [0.25, 0.3) is 5.91 Å². The van der Waals surface area contributed by atoms with Gasteiger partial charge in [-0.05, 0) is 30.9 Å². The van der Waals surface area contributed by atoms with Crippen LogP contribution in [0.2, 0.25) is 0 Å². The molecule has 0 N–H and O–H groups in total. The molecule has 1 aromatic heterocycles. The molecule has 3 rings (SSSR count). The summed E-state index contributed by atoms with van der Waals surface area (Å²) in [5.41, 5.74) is 0.412. The molecular weight excluding hydrogens is 254 g/mol. The zero-order valence-electron chi connectivity index (χ0n) is 11.5. The van der Waals surface area contributed by atoms with Crippen molar-refractivity contribution in [2.75, 3.05) is 13.1 Å². The summed E-state index contributed by atoms with van der Waals surface area (Å²) >= 11 is 0. The molecule has 2 heterocycles. The largest absolute Gasteiger partial charge is 0.463 e. The van der Waals surface area contributed by atoms with Gasteiger partial charge in [0.1, 0.15) is 17.4 Å². The van der Waals surface area contributed by atoms with Crippen LogP contribution in [0.1, 0.15) is 30.1 Å². The molecule has 1 aliphatic rings. The molecule has 1 fully saturated rings. The van der Waals surface area contributed by atoms with Gasteiger partial charge in [-0.1, -0.05) is 19.1 Å². The maximum Gasteiger partial charge on any atom is 0.261 e. The smallest absolute Gasteiger partial charge is 0.261 e. The Hall–Kier alpha value is -2.10. The van der Waals surface area contributed by atoms with E-state index in [0.29, 0.717) is 30.0 Å². The number of fused-ring (bicyclic) bond motifs is 1. The Morgan fingerprint density at radius 2 is 1.95 bits per heavy atom. The van der Waals surface area contributed by atoms with Gasteiger partial charge in [0.15, 0.2) is 0 Å². The lowest BCUT2D eigenvalue weighted by molar-refractivity contribution is 0.0694. The van der Waals surface area contributed by atoms with Crippen LogP contribution in [0.4, 0.5) is 0 Å². The monoisotopic (exact) mass is 271 g/mol. The predicted molar refractivity (Wildman–Crippen MR) is 76.8 cm³/mol. The minimum absolute atomic E-state index is 0.137. The maximum atomic E-state index is 12.4. The van der Waals surface area contributed by atoms with Crippen LogP contribution < -0.4 is 5.43 Å². The fourth-order valence-corrected chi connectivity index (χ4v) is 2.61. The molecular formula is C16H17NO3. The molecule has 0 unspecified atom stereocenters. The van der Waals surface area contributed by atoms with E-state index >= 15 is 0 Å². The van der Waals surface area contributed by atoms with Crippen LogP contribution in [-0.2, 0) is 0 Å². The van der Waals surface area contributed by atoms with Crippen LogP contribution in [-0.4, -0.2) is 23.9 Å². The summed E-state index contributed by atoms with van der Waals surface area (Å²) in [7, 11) is 0. The molecule has 0 radical (unpaired) electrons. The number of hydrogen-bond donors (Lipinski definition) is 0. The SMILES string of the molecule is CC1CCN(C(=O)c2coc3ccccc3c2=O)CC1. The van der Waals surface area contributed by atoms with Gasteiger partial charge in [-0.2, -0.15) is 0 Å². The summed E-state index contributed by atoms with van der Waals surface area (Å²) in [6, 6.07) is 7.00. The van der Waals surface area contributed by atoms with E-state index in [0.717, 1.165) is 12.8 Å². The third-order valence-electron chi connectivity index (χ3n) is 3.98. The van der Waals surface area contributed by atoms with Gasteiger partial charge >= 0.3 is 0 Å². The predicted octanol–water partition coefficient (Wildman–Crippen LogP) is 2.67. The molecule has 0 atom stereocenters. The quantitative estimate of drug-likeness (QED) is 0.801. The Kier molecular flexibility index (Phi) is 3.30. The van der Waals surface area contributed by atoms with Crippen LogP contribution in [0.5, 0.6) is 0 Å². The summed E-state index contributed by atoms with van der Waals surface area (Å²) < 4.78 is 5.41. The Labute approximate surface area is 117 Å². The van der Waals surface area contributed by atoms with E-state index in [1.54, 1.807) is 29.2 Å². The van der Waals surface area contributed by atoms with Crippen LogP contribution in [0.3, 0.4) is 0 Å². The molecule has 0 bridgehead atoms. The molecule has 1 amide bonds. The van der Waals surface area contributed by atoms with E-state index < -0.39 is 0 Å². The highest BCUT2D eigenvalue weighted by Crippen LogP contribution is 2.18. The number of para-hydroxylation sites is 1. The zero-order chi connectivity index (χ0) is 14.1. The standard InChI is InChI=1S/C16H17NO3/c1-11-6-8-17(9-7-11)16(19)13-10-20-14-5-3-2-4-12(14)15(13)18/h2-5,10-11H,6-9H2,1H3. The van der Waals surface area contributed by atoms with Crippen molar-refractivity contribution in [3.05, 3.63) is 46.3 Å². The lowest BCUT2D eigenvalue weighted by Gasteiger charge is -2.30. The number of likely N-dealkylation sites (tertiary alicyclic amines) is 1. The Balaban J connectivity index is 1.96. The average Bonchev–Trinajstić information content (AvgIpc) is 2.48. The number of benzene rings is 1. The van der Waals surface area contributed by atoms with Crippen molar-refractivity contribution in [1.82, 2.24) is 4.90 Å². The van der Waals surface area contributed by atoms with E-state index in [-0.39, 0.29) is 16.9 Å². The van der Waals surface area contributed by atoms with Crippen molar-refractivity contribution in [3.63, 3.8) is 0 Å². The van der Waals surface area contributed by atoms with Gasteiger partial charge < -0.3 is 9.32 Å². The first-order chi connectivity index (χ1) is 9.66. The highest BCUT2D eigenvalue weighted by atomic mass is 16.3. The lowest BCUT2D eigenvalue weighted by Crippen LogP contribution is -2.39. The number of rotatable bonds is 1. The summed E-state index contributed by atoms with van der Waals surface area (Å²) in [6.07, 6.45) is 3.28. The number of carbonyl (C=O) groups excluding carboxylic acids is 1. The fourth-order valence-electron chi connectivity index (χ4n) is 2.61. The maximum absolute atomic E-state index is 12.4. The highest BCUT2D eigenvalue weighted by Gasteiger charge is 2.24. The number of piperidine rings is 1. The number of amides is 1. The second-order valence-corrected chi connectivity index (χ2v) is 5.45. The first-order valence-electron chi connectivity index (χ1n) is 6.96. The second-order valence-electron chi connectivity index (χ2n) is 5.45. The van der Waals surface area contributed by atoms with Crippen LogP contribution in [0.25, 0.3) is 11.0 Å².